The first-order valence-electron chi connectivity index (χ1n) is 7.98. The monoisotopic (exact) mass is 252 g/mol. The third-order valence-electron chi connectivity index (χ3n) is 3.24. The summed E-state index contributed by atoms with van der Waals surface area (Å²) in [6.07, 6.45) is 16.6. The predicted molar refractivity (Wildman–Crippen MR) is 80.6 cm³/mol. The van der Waals surface area contributed by atoms with Crippen LogP contribution in [0, 0.1) is 11.8 Å². The van der Waals surface area contributed by atoms with Crippen LogP contribution in [0.1, 0.15) is 90.4 Å². The quantitative estimate of drug-likeness (QED) is 0.379. The molecule has 0 aliphatic carbocycles. The van der Waals surface area contributed by atoms with Crippen LogP contribution in [0.25, 0.3) is 0 Å². The molecule has 1 heteroatoms. The zero-order chi connectivity index (χ0) is 13.3. The largest absolute Gasteiger partial charge is 0.396 e. The Morgan fingerprint density at radius 1 is 0.611 bits per heavy atom. The predicted octanol–water partition coefficient (Wildman–Crippen LogP) is 5.07. The lowest BCUT2D eigenvalue weighted by atomic mass is 10.1. The molecule has 0 saturated heterocycles. The highest BCUT2D eigenvalue weighted by molar-refractivity contribution is 4.98. The Bertz CT molecular complexity index is 199. The van der Waals surface area contributed by atoms with E-state index in [0.717, 1.165) is 19.3 Å². The van der Waals surface area contributed by atoms with Crippen molar-refractivity contribution in [3.05, 3.63) is 0 Å². The van der Waals surface area contributed by atoms with Gasteiger partial charge < -0.3 is 5.11 Å². The topological polar surface area (TPSA) is 20.2 Å². The van der Waals surface area contributed by atoms with Crippen LogP contribution >= 0.6 is 0 Å². The highest BCUT2D eigenvalue weighted by atomic mass is 16.2. The maximum atomic E-state index is 8.59. The number of unbranched alkanes of at least 4 members (excludes halogenated alkanes) is 11. The molecule has 18 heavy (non-hydrogen) atoms. The molecule has 1 nitrogen and oxygen atoms in total. The maximum Gasteiger partial charge on any atom is 0.0440 e. The van der Waals surface area contributed by atoms with Crippen LogP contribution in [0.3, 0.4) is 0 Å². The van der Waals surface area contributed by atoms with Crippen molar-refractivity contribution in [1.82, 2.24) is 0 Å². The molecule has 0 fully saturated rings. The van der Waals surface area contributed by atoms with Crippen molar-refractivity contribution >= 4 is 0 Å². The second-order valence-electron chi connectivity index (χ2n) is 5.11. The molecule has 0 aliphatic heterocycles. The van der Waals surface area contributed by atoms with Gasteiger partial charge in [-0.15, -0.1) is 11.8 Å². The number of hydrogen-bond acceptors (Lipinski definition) is 1. The van der Waals surface area contributed by atoms with E-state index in [1.165, 1.54) is 64.2 Å². The molecule has 0 aliphatic rings. The van der Waals surface area contributed by atoms with E-state index in [-0.39, 0.29) is 6.61 Å². The molecule has 0 rings (SSSR count). The fourth-order valence-corrected chi connectivity index (χ4v) is 2.05. The summed E-state index contributed by atoms with van der Waals surface area (Å²) < 4.78 is 0. The molecule has 0 heterocycles. The molecule has 106 valence electrons. The molecule has 0 unspecified atom stereocenters. The Balaban J connectivity index is 3.00. The van der Waals surface area contributed by atoms with Crippen molar-refractivity contribution < 1.29 is 5.11 Å². The minimum Gasteiger partial charge on any atom is -0.396 e. The van der Waals surface area contributed by atoms with E-state index in [2.05, 4.69) is 18.8 Å². The Labute approximate surface area is 114 Å². The lowest BCUT2D eigenvalue weighted by Gasteiger charge is -2.00. The van der Waals surface area contributed by atoms with Gasteiger partial charge in [0.1, 0.15) is 0 Å². The minimum absolute atomic E-state index is 0.271. The average Bonchev–Trinajstić information content (AvgIpc) is 2.39. The van der Waals surface area contributed by atoms with Gasteiger partial charge in [0, 0.05) is 19.4 Å². The molecule has 0 aromatic heterocycles. The zero-order valence-electron chi connectivity index (χ0n) is 12.3. The second kappa shape index (κ2) is 16.5. The highest BCUT2D eigenvalue weighted by Crippen LogP contribution is 2.10. The first-order valence-corrected chi connectivity index (χ1v) is 7.98. The van der Waals surface area contributed by atoms with Crippen LogP contribution in [0.4, 0.5) is 0 Å². The third kappa shape index (κ3) is 15.5. The van der Waals surface area contributed by atoms with E-state index in [0.29, 0.717) is 0 Å². The number of hydrogen-bond donors (Lipinski definition) is 1. The SMILES string of the molecule is CCCCCCCCCCCCC#CCCCO. The Morgan fingerprint density at radius 2 is 1.06 bits per heavy atom. The molecule has 0 atom stereocenters. The van der Waals surface area contributed by atoms with Gasteiger partial charge in [-0.2, -0.15) is 0 Å². The number of aliphatic hydroxyl groups is 1. The van der Waals surface area contributed by atoms with Crippen LogP contribution < -0.4 is 0 Å². The average molecular weight is 252 g/mol. The van der Waals surface area contributed by atoms with Crippen molar-refractivity contribution in [3.63, 3.8) is 0 Å². The van der Waals surface area contributed by atoms with Gasteiger partial charge in [-0.05, 0) is 12.8 Å². The third-order valence-corrected chi connectivity index (χ3v) is 3.24. The lowest BCUT2D eigenvalue weighted by Crippen LogP contribution is -1.81. The fourth-order valence-electron chi connectivity index (χ4n) is 2.05. The summed E-state index contributed by atoms with van der Waals surface area (Å²) in [5, 5.41) is 8.59. The van der Waals surface area contributed by atoms with Gasteiger partial charge in [0.15, 0.2) is 0 Å². The van der Waals surface area contributed by atoms with Gasteiger partial charge in [0.25, 0.3) is 0 Å². The van der Waals surface area contributed by atoms with Gasteiger partial charge in [-0.3, -0.25) is 0 Å². The molecule has 0 spiro atoms. The summed E-state index contributed by atoms with van der Waals surface area (Å²) in [7, 11) is 0. The molecular weight excluding hydrogens is 220 g/mol. The Kier molecular flexibility index (Phi) is 16.1. The van der Waals surface area contributed by atoms with E-state index >= 15 is 0 Å². The van der Waals surface area contributed by atoms with Crippen LogP contribution in [-0.4, -0.2) is 11.7 Å². The van der Waals surface area contributed by atoms with E-state index in [1.807, 2.05) is 0 Å². The molecule has 0 aromatic carbocycles. The fraction of sp³-hybridized carbons (Fsp3) is 0.882. The molecule has 0 aromatic rings. The minimum atomic E-state index is 0.271. The summed E-state index contributed by atoms with van der Waals surface area (Å²) in [6, 6.07) is 0. The van der Waals surface area contributed by atoms with Crippen molar-refractivity contribution in [2.24, 2.45) is 0 Å². The van der Waals surface area contributed by atoms with Crippen LogP contribution in [0.15, 0.2) is 0 Å². The Hall–Kier alpha value is -0.480. The molecule has 0 radical (unpaired) electrons. The summed E-state index contributed by atoms with van der Waals surface area (Å²) in [5.41, 5.74) is 0. The summed E-state index contributed by atoms with van der Waals surface area (Å²) in [5.74, 6) is 6.29. The highest BCUT2D eigenvalue weighted by Gasteiger charge is 1.91. The summed E-state index contributed by atoms with van der Waals surface area (Å²) in [4.78, 5) is 0. The van der Waals surface area contributed by atoms with Crippen LogP contribution in [0.5, 0.6) is 0 Å². The standard InChI is InChI=1S/C17H32O/c1-2-3-4-5-6-7-8-9-10-11-12-13-14-15-16-17-18/h18H,2-12,15-17H2,1H3. The first kappa shape index (κ1) is 17.5. The smallest absolute Gasteiger partial charge is 0.0440 e. The molecule has 1 N–H and O–H groups in total. The van der Waals surface area contributed by atoms with E-state index in [9.17, 15) is 0 Å². The summed E-state index contributed by atoms with van der Waals surface area (Å²) >= 11 is 0. The molecular formula is C17H32O. The van der Waals surface area contributed by atoms with Gasteiger partial charge in [-0.25, -0.2) is 0 Å². The maximum absolute atomic E-state index is 8.59. The normalized spacial score (nSPS) is 10.1. The van der Waals surface area contributed by atoms with Gasteiger partial charge >= 0.3 is 0 Å². The second-order valence-corrected chi connectivity index (χ2v) is 5.11. The Morgan fingerprint density at radius 3 is 1.56 bits per heavy atom. The van der Waals surface area contributed by atoms with Gasteiger partial charge in [-0.1, -0.05) is 64.7 Å². The van der Waals surface area contributed by atoms with Crippen molar-refractivity contribution in [1.29, 1.82) is 0 Å². The molecule has 0 amide bonds. The van der Waals surface area contributed by atoms with Crippen molar-refractivity contribution in [2.75, 3.05) is 6.61 Å². The van der Waals surface area contributed by atoms with Crippen molar-refractivity contribution in [3.8, 4) is 11.8 Å². The van der Waals surface area contributed by atoms with Gasteiger partial charge in [0.05, 0.1) is 0 Å². The van der Waals surface area contributed by atoms with Crippen molar-refractivity contribution in [2.45, 2.75) is 90.4 Å². The molecule has 0 bridgehead atoms. The number of rotatable bonds is 12. The molecule has 0 saturated carbocycles. The van der Waals surface area contributed by atoms with E-state index in [1.54, 1.807) is 0 Å². The van der Waals surface area contributed by atoms with Crippen LogP contribution in [0.2, 0.25) is 0 Å². The van der Waals surface area contributed by atoms with Gasteiger partial charge in [0.2, 0.25) is 0 Å². The number of aliphatic hydroxyl groups excluding tert-OH is 1. The first-order chi connectivity index (χ1) is 8.91. The van der Waals surface area contributed by atoms with E-state index < -0.39 is 0 Å². The zero-order valence-corrected chi connectivity index (χ0v) is 12.3. The lowest BCUT2D eigenvalue weighted by molar-refractivity contribution is 0.290. The van der Waals surface area contributed by atoms with E-state index in [4.69, 9.17) is 5.11 Å². The summed E-state index contributed by atoms with van der Waals surface area (Å²) in [6.45, 7) is 2.54. The van der Waals surface area contributed by atoms with Crippen LogP contribution in [-0.2, 0) is 0 Å².